The zero-order valence-electron chi connectivity index (χ0n) is 6.00. The van der Waals surface area contributed by atoms with Crippen LogP contribution in [-0.2, 0) is 14.3 Å². The Morgan fingerprint density at radius 2 is 2.27 bits per heavy atom. The lowest BCUT2D eigenvalue weighted by Crippen LogP contribution is -2.15. The Hall–Kier alpha value is -1.12. The fourth-order valence-electron chi connectivity index (χ4n) is 1.47. The standard InChI is InChI=1S/C8H8O3/c9-7-5-1-2-6(4-3-5)8(10)11-7/h1,6H,2-4H2. The van der Waals surface area contributed by atoms with Crippen molar-refractivity contribution >= 4 is 11.9 Å². The molecule has 0 amide bonds. The molecular weight excluding hydrogens is 144 g/mol. The van der Waals surface area contributed by atoms with Gasteiger partial charge in [0.15, 0.2) is 0 Å². The van der Waals surface area contributed by atoms with Gasteiger partial charge in [0.25, 0.3) is 0 Å². The molecule has 1 saturated heterocycles. The van der Waals surface area contributed by atoms with Crippen LogP contribution < -0.4 is 0 Å². The van der Waals surface area contributed by atoms with Crippen LogP contribution in [0.2, 0.25) is 0 Å². The summed E-state index contributed by atoms with van der Waals surface area (Å²) in [6, 6.07) is 0. The number of ether oxygens (including phenoxy) is 1. The topological polar surface area (TPSA) is 43.4 Å². The number of hydrogen-bond acceptors (Lipinski definition) is 3. The molecule has 2 bridgehead atoms. The molecule has 0 aromatic rings. The number of carbonyl (C=O) groups excluding carboxylic acids is 2. The van der Waals surface area contributed by atoms with E-state index in [0.717, 1.165) is 6.42 Å². The van der Waals surface area contributed by atoms with E-state index in [1.807, 2.05) is 6.08 Å². The fourth-order valence-corrected chi connectivity index (χ4v) is 1.47. The van der Waals surface area contributed by atoms with Crippen molar-refractivity contribution in [3.63, 3.8) is 0 Å². The SMILES string of the molecule is O=C1OC(=O)C2CC=C1CC2. The van der Waals surface area contributed by atoms with Gasteiger partial charge in [0, 0.05) is 5.57 Å². The van der Waals surface area contributed by atoms with Crippen LogP contribution in [0, 0.1) is 5.92 Å². The van der Waals surface area contributed by atoms with Crippen molar-refractivity contribution in [1.29, 1.82) is 0 Å². The zero-order chi connectivity index (χ0) is 7.84. The molecule has 0 aromatic heterocycles. The Bertz CT molecular complexity index is 252. The number of carbonyl (C=O) groups is 2. The van der Waals surface area contributed by atoms with E-state index in [0.29, 0.717) is 18.4 Å². The molecule has 1 atom stereocenters. The molecule has 1 fully saturated rings. The number of allylic oxidation sites excluding steroid dienone is 1. The zero-order valence-corrected chi connectivity index (χ0v) is 6.00. The maximum atomic E-state index is 11.0. The molecule has 58 valence electrons. The summed E-state index contributed by atoms with van der Waals surface area (Å²) in [5, 5.41) is 0. The van der Waals surface area contributed by atoms with Crippen molar-refractivity contribution in [3.8, 4) is 0 Å². The van der Waals surface area contributed by atoms with Crippen molar-refractivity contribution in [1.82, 2.24) is 0 Å². The molecule has 0 aromatic carbocycles. The average Bonchev–Trinajstić information content (AvgIpc) is 2.22. The first-order valence-corrected chi connectivity index (χ1v) is 3.72. The average molecular weight is 152 g/mol. The summed E-state index contributed by atoms with van der Waals surface area (Å²) in [5.41, 5.74) is 0.673. The smallest absolute Gasteiger partial charge is 0.341 e. The predicted molar refractivity (Wildman–Crippen MR) is 36.5 cm³/mol. The van der Waals surface area contributed by atoms with E-state index in [-0.39, 0.29) is 11.9 Å². The van der Waals surface area contributed by atoms with E-state index < -0.39 is 5.97 Å². The van der Waals surface area contributed by atoms with Crippen LogP contribution >= 0.6 is 0 Å². The minimum Gasteiger partial charge on any atom is -0.389 e. The second-order valence-corrected chi connectivity index (χ2v) is 2.91. The maximum absolute atomic E-state index is 11.0. The lowest BCUT2D eigenvalue weighted by atomic mass is 9.91. The van der Waals surface area contributed by atoms with Gasteiger partial charge in [-0.15, -0.1) is 0 Å². The Morgan fingerprint density at radius 3 is 2.91 bits per heavy atom. The van der Waals surface area contributed by atoms with Crippen LogP contribution in [0.4, 0.5) is 0 Å². The van der Waals surface area contributed by atoms with Gasteiger partial charge in [0.05, 0.1) is 5.92 Å². The Labute approximate surface area is 64.0 Å². The molecular formula is C8H8O3. The highest BCUT2D eigenvalue weighted by Crippen LogP contribution is 2.29. The summed E-state index contributed by atoms with van der Waals surface area (Å²) in [5.74, 6) is -0.848. The van der Waals surface area contributed by atoms with E-state index in [1.54, 1.807) is 0 Å². The summed E-state index contributed by atoms with van der Waals surface area (Å²) in [4.78, 5) is 22.0. The van der Waals surface area contributed by atoms with E-state index in [4.69, 9.17) is 0 Å². The van der Waals surface area contributed by atoms with Gasteiger partial charge in [0.1, 0.15) is 0 Å². The Kier molecular flexibility index (Phi) is 1.31. The predicted octanol–water partition coefficient (Wildman–Crippen LogP) is 0.796. The summed E-state index contributed by atoms with van der Waals surface area (Å²) < 4.78 is 4.55. The molecule has 11 heavy (non-hydrogen) atoms. The second-order valence-electron chi connectivity index (χ2n) is 2.91. The highest BCUT2D eigenvalue weighted by Gasteiger charge is 2.32. The van der Waals surface area contributed by atoms with Gasteiger partial charge in [-0.2, -0.15) is 0 Å². The molecule has 3 rings (SSSR count). The van der Waals surface area contributed by atoms with Gasteiger partial charge < -0.3 is 4.74 Å². The number of rotatable bonds is 0. The van der Waals surface area contributed by atoms with Gasteiger partial charge >= 0.3 is 11.9 Å². The van der Waals surface area contributed by atoms with Crippen LogP contribution in [-0.4, -0.2) is 11.9 Å². The minimum absolute atomic E-state index is 0.0646. The molecule has 3 nitrogen and oxygen atoms in total. The number of fused-ring (bicyclic) bond motifs is 4. The summed E-state index contributed by atoms with van der Waals surface area (Å²) in [6.07, 6.45) is 3.98. The van der Waals surface area contributed by atoms with Gasteiger partial charge in [-0.25, -0.2) is 4.79 Å². The molecule has 3 aliphatic rings. The molecule has 1 aliphatic carbocycles. The van der Waals surface area contributed by atoms with Crippen molar-refractivity contribution < 1.29 is 14.3 Å². The highest BCUT2D eigenvalue weighted by molar-refractivity contribution is 5.99. The Balaban J connectivity index is 2.36. The summed E-state index contributed by atoms with van der Waals surface area (Å²) in [7, 11) is 0. The van der Waals surface area contributed by atoms with Crippen molar-refractivity contribution in [2.24, 2.45) is 5.92 Å². The molecule has 2 aliphatic heterocycles. The van der Waals surface area contributed by atoms with Gasteiger partial charge in [-0.1, -0.05) is 6.08 Å². The lowest BCUT2D eigenvalue weighted by molar-refractivity contribution is -0.158. The Morgan fingerprint density at radius 1 is 1.45 bits per heavy atom. The molecule has 0 radical (unpaired) electrons. The molecule has 3 heteroatoms. The maximum Gasteiger partial charge on any atom is 0.341 e. The third-order valence-electron chi connectivity index (χ3n) is 2.20. The van der Waals surface area contributed by atoms with Gasteiger partial charge in [-0.05, 0) is 19.3 Å². The molecule has 0 saturated carbocycles. The van der Waals surface area contributed by atoms with E-state index >= 15 is 0 Å². The first kappa shape index (κ1) is 6.58. The summed E-state index contributed by atoms with van der Waals surface area (Å²) in [6.45, 7) is 0. The third-order valence-corrected chi connectivity index (χ3v) is 2.20. The van der Waals surface area contributed by atoms with Crippen LogP contribution in [0.1, 0.15) is 19.3 Å². The van der Waals surface area contributed by atoms with E-state index in [2.05, 4.69) is 4.74 Å². The third kappa shape index (κ3) is 0.964. The summed E-state index contributed by atoms with van der Waals surface area (Å²) >= 11 is 0. The monoisotopic (exact) mass is 152 g/mol. The number of esters is 2. The van der Waals surface area contributed by atoms with E-state index in [1.165, 1.54) is 0 Å². The second kappa shape index (κ2) is 2.19. The highest BCUT2D eigenvalue weighted by atomic mass is 16.6. The molecule has 1 unspecified atom stereocenters. The molecule has 2 heterocycles. The fraction of sp³-hybridized carbons (Fsp3) is 0.500. The van der Waals surface area contributed by atoms with Crippen molar-refractivity contribution in [2.45, 2.75) is 19.3 Å². The van der Waals surface area contributed by atoms with Crippen molar-refractivity contribution in [2.75, 3.05) is 0 Å². The first-order valence-electron chi connectivity index (χ1n) is 3.72. The largest absolute Gasteiger partial charge is 0.389 e. The minimum atomic E-state index is -0.435. The van der Waals surface area contributed by atoms with Crippen LogP contribution in [0.3, 0.4) is 0 Å². The van der Waals surface area contributed by atoms with Crippen LogP contribution in [0.25, 0.3) is 0 Å². The van der Waals surface area contributed by atoms with Crippen molar-refractivity contribution in [3.05, 3.63) is 11.6 Å². The van der Waals surface area contributed by atoms with E-state index in [9.17, 15) is 9.59 Å². The van der Waals surface area contributed by atoms with Crippen LogP contribution in [0.15, 0.2) is 11.6 Å². The normalized spacial score (nSPS) is 29.5. The quantitative estimate of drug-likeness (QED) is 0.381. The lowest BCUT2D eigenvalue weighted by Gasteiger charge is -2.09. The molecule has 0 N–H and O–H groups in total. The number of hydrogen-bond donors (Lipinski definition) is 0. The van der Waals surface area contributed by atoms with Gasteiger partial charge in [0.2, 0.25) is 0 Å². The van der Waals surface area contributed by atoms with Crippen LogP contribution in [0.5, 0.6) is 0 Å². The first-order chi connectivity index (χ1) is 5.27. The van der Waals surface area contributed by atoms with Gasteiger partial charge in [-0.3, -0.25) is 4.79 Å². The molecule has 0 spiro atoms.